The molecular weight excluding hydrogens is 633 g/mol. The van der Waals surface area contributed by atoms with Crippen LogP contribution in [0.4, 0.5) is 17.2 Å². The third-order valence-electron chi connectivity index (χ3n) is 10.3. The number of benzene rings is 7. The van der Waals surface area contributed by atoms with Gasteiger partial charge in [-0.25, -0.2) is 9.97 Å². The number of thiophene rings is 1. The van der Waals surface area contributed by atoms with Gasteiger partial charge in [0.2, 0.25) is 0 Å². The Balaban J connectivity index is 1.31. The Morgan fingerprint density at radius 2 is 1.28 bits per heavy atom. The lowest BCUT2D eigenvalue weighted by Crippen LogP contribution is -2.20. The van der Waals surface area contributed by atoms with E-state index in [-0.39, 0.29) is 0 Å². The molecule has 0 aliphatic carbocycles. The van der Waals surface area contributed by atoms with Gasteiger partial charge < -0.3 is 8.98 Å². The van der Waals surface area contributed by atoms with Gasteiger partial charge in [-0.15, -0.1) is 11.3 Å². The maximum absolute atomic E-state index is 6.43. The summed E-state index contributed by atoms with van der Waals surface area (Å²) in [6.45, 7) is 0. The van der Waals surface area contributed by atoms with Gasteiger partial charge in [-0.3, -0.25) is 4.90 Å². The van der Waals surface area contributed by atoms with E-state index in [1.807, 2.05) is 6.07 Å². The molecule has 0 saturated heterocycles. The lowest BCUT2D eigenvalue weighted by Gasteiger charge is -2.34. The summed E-state index contributed by atoms with van der Waals surface area (Å²) < 4.78 is 10.1. The highest BCUT2D eigenvalue weighted by Gasteiger charge is 2.34. The van der Waals surface area contributed by atoms with Crippen molar-refractivity contribution in [2.24, 2.45) is 0 Å². The molecule has 1 aliphatic rings. The second kappa shape index (κ2) is 9.56. The average molecular weight is 657 g/mol. The van der Waals surface area contributed by atoms with E-state index in [9.17, 15) is 0 Å². The third-order valence-corrected chi connectivity index (χ3v) is 11.4. The predicted octanol–water partition coefficient (Wildman–Crippen LogP) is 12.4. The molecule has 0 atom stereocenters. The first-order valence-corrected chi connectivity index (χ1v) is 17.6. The van der Waals surface area contributed by atoms with Crippen molar-refractivity contribution in [3.8, 4) is 16.9 Å². The van der Waals surface area contributed by atoms with Crippen LogP contribution in [0.25, 0.3) is 91.9 Å². The lowest BCUT2D eigenvalue weighted by atomic mass is 9.97. The van der Waals surface area contributed by atoms with Gasteiger partial charge in [-0.05, 0) is 53.9 Å². The summed E-state index contributed by atoms with van der Waals surface area (Å²) in [4.78, 5) is 14.4. The van der Waals surface area contributed by atoms with Crippen LogP contribution in [0.1, 0.15) is 0 Å². The van der Waals surface area contributed by atoms with Crippen molar-refractivity contribution < 1.29 is 4.42 Å². The Hall–Kier alpha value is -6.50. The minimum Gasteiger partial charge on any atom is -0.456 e. The summed E-state index contributed by atoms with van der Waals surface area (Å²) in [7, 11) is 0. The van der Waals surface area contributed by atoms with Gasteiger partial charge in [0.25, 0.3) is 0 Å². The van der Waals surface area contributed by atoms with Crippen LogP contribution in [-0.4, -0.2) is 14.5 Å². The van der Waals surface area contributed by atoms with Gasteiger partial charge in [-0.1, -0.05) is 97.1 Å². The summed E-state index contributed by atoms with van der Waals surface area (Å²) in [5.41, 5.74) is 10.2. The summed E-state index contributed by atoms with van der Waals surface area (Å²) in [6.07, 6.45) is 0. The summed E-state index contributed by atoms with van der Waals surface area (Å²) in [5.74, 6) is 0.810. The number of hydrogen-bond acceptors (Lipinski definition) is 5. The first-order chi connectivity index (χ1) is 24.8. The first-order valence-electron chi connectivity index (χ1n) is 16.8. The van der Waals surface area contributed by atoms with Crippen LogP contribution in [0.3, 0.4) is 0 Å². The second-order valence-electron chi connectivity index (χ2n) is 12.9. The van der Waals surface area contributed by atoms with Gasteiger partial charge in [0.05, 0.1) is 28.1 Å². The molecule has 4 aromatic heterocycles. The average Bonchev–Trinajstić information content (AvgIpc) is 3.85. The lowest BCUT2D eigenvalue weighted by molar-refractivity contribution is 0.669. The highest BCUT2D eigenvalue weighted by atomic mass is 32.1. The van der Waals surface area contributed by atoms with Crippen molar-refractivity contribution in [1.29, 1.82) is 0 Å². The molecule has 6 heteroatoms. The van der Waals surface area contributed by atoms with Crippen LogP contribution in [0, 0.1) is 0 Å². The van der Waals surface area contributed by atoms with Crippen LogP contribution >= 0.6 is 11.3 Å². The van der Waals surface area contributed by atoms with Crippen molar-refractivity contribution in [3.05, 3.63) is 146 Å². The Labute approximate surface area is 288 Å². The Bertz CT molecular complexity index is 3230. The zero-order valence-electron chi connectivity index (χ0n) is 26.5. The predicted molar refractivity (Wildman–Crippen MR) is 208 cm³/mol. The topological polar surface area (TPSA) is 47.1 Å². The van der Waals surface area contributed by atoms with Gasteiger partial charge in [-0.2, -0.15) is 0 Å². The Kier molecular flexibility index (Phi) is 5.06. The summed E-state index contributed by atoms with van der Waals surface area (Å²) >= 11 is 1.70. The molecule has 0 unspecified atom stereocenters. The number of furan rings is 1. The summed E-state index contributed by atoms with van der Waals surface area (Å²) in [6, 6.07) is 51.5. The molecule has 0 fully saturated rings. The standard InChI is InChI=1S/C44H24N4OS/c1-2-12-25(13-3-1)39-43(46-44-40(45-39)29-16-6-11-21-37(29)50-44)48-34-19-9-8-18-33(34)47-32-17-7-4-14-26(32)31-24-30-27(41(48)42(31)47)22-23-36-38(30)28-15-5-10-20-35(28)49-36/h1-24H. The van der Waals surface area contributed by atoms with E-state index in [4.69, 9.17) is 14.4 Å². The van der Waals surface area contributed by atoms with E-state index in [0.29, 0.717) is 0 Å². The SMILES string of the molecule is c1ccc(-c2nc3c(nc2N2c4ccccc4-n4c5ccccc5c5cc6c(ccc7oc8ccccc8c76)c2c54)sc2ccccc23)cc1. The van der Waals surface area contributed by atoms with E-state index in [1.54, 1.807) is 11.3 Å². The fourth-order valence-electron chi connectivity index (χ4n) is 8.23. The van der Waals surface area contributed by atoms with E-state index in [0.717, 1.165) is 88.1 Å². The van der Waals surface area contributed by atoms with Crippen LogP contribution in [-0.2, 0) is 0 Å². The number of nitrogens with zero attached hydrogens (tertiary/aromatic N) is 4. The van der Waals surface area contributed by atoms with Crippen LogP contribution < -0.4 is 4.90 Å². The largest absolute Gasteiger partial charge is 0.456 e. The number of hydrogen-bond donors (Lipinski definition) is 0. The van der Waals surface area contributed by atoms with Crippen LogP contribution in [0.2, 0.25) is 0 Å². The van der Waals surface area contributed by atoms with E-state index in [2.05, 4.69) is 149 Å². The van der Waals surface area contributed by atoms with Gasteiger partial charge >= 0.3 is 0 Å². The number of fused-ring (bicyclic) bond motifs is 14. The molecule has 0 spiro atoms. The van der Waals surface area contributed by atoms with E-state index < -0.39 is 0 Å². The quantitative estimate of drug-likeness (QED) is 0.186. The number of para-hydroxylation sites is 4. The molecular formula is C44H24N4OS. The smallest absolute Gasteiger partial charge is 0.166 e. The zero-order valence-corrected chi connectivity index (χ0v) is 27.3. The van der Waals surface area contributed by atoms with Gasteiger partial charge in [0, 0.05) is 42.6 Å². The van der Waals surface area contributed by atoms with Crippen molar-refractivity contribution in [2.45, 2.75) is 0 Å². The maximum Gasteiger partial charge on any atom is 0.166 e. The Morgan fingerprint density at radius 3 is 2.18 bits per heavy atom. The molecule has 0 bridgehead atoms. The maximum atomic E-state index is 6.43. The van der Waals surface area contributed by atoms with Crippen LogP contribution in [0.5, 0.6) is 0 Å². The summed E-state index contributed by atoms with van der Waals surface area (Å²) in [5, 5.41) is 8.05. The molecule has 0 amide bonds. The van der Waals surface area contributed by atoms with Crippen LogP contribution in [0.15, 0.2) is 150 Å². The Morgan fingerprint density at radius 1 is 0.540 bits per heavy atom. The van der Waals surface area contributed by atoms with Gasteiger partial charge in [0.15, 0.2) is 5.82 Å². The molecule has 5 heterocycles. The van der Waals surface area contributed by atoms with Crippen molar-refractivity contribution in [2.75, 3.05) is 4.90 Å². The van der Waals surface area contributed by atoms with Crippen molar-refractivity contribution in [1.82, 2.24) is 14.5 Å². The van der Waals surface area contributed by atoms with Crippen molar-refractivity contribution in [3.63, 3.8) is 0 Å². The highest BCUT2D eigenvalue weighted by molar-refractivity contribution is 7.25. The second-order valence-corrected chi connectivity index (χ2v) is 14.0. The van der Waals surface area contributed by atoms with E-state index in [1.165, 1.54) is 21.0 Å². The van der Waals surface area contributed by atoms with E-state index >= 15 is 0 Å². The molecule has 0 radical (unpaired) electrons. The monoisotopic (exact) mass is 656 g/mol. The first kappa shape index (κ1) is 26.5. The van der Waals surface area contributed by atoms with Crippen molar-refractivity contribution >= 4 is 103 Å². The van der Waals surface area contributed by atoms with Gasteiger partial charge in [0.1, 0.15) is 27.2 Å². The minimum atomic E-state index is 0.810. The molecule has 50 heavy (non-hydrogen) atoms. The fraction of sp³-hybridized carbons (Fsp3) is 0. The zero-order chi connectivity index (χ0) is 32.5. The molecule has 12 rings (SSSR count). The molecule has 7 aromatic carbocycles. The molecule has 1 aliphatic heterocycles. The molecule has 11 aromatic rings. The molecule has 5 nitrogen and oxygen atoms in total. The fourth-order valence-corrected chi connectivity index (χ4v) is 9.25. The normalized spacial score (nSPS) is 12.8. The highest BCUT2D eigenvalue weighted by Crippen LogP contribution is 2.55. The molecule has 0 N–H and O–H groups in total. The minimum absolute atomic E-state index is 0.810. The molecule has 232 valence electrons. The molecule has 0 saturated carbocycles. The third kappa shape index (κ3) is 3.35. The number of anilines is 3. The number of aromatic nitrogens is 3. The number of rotatable bonds is 2.